The number of carbonyl (C=O) groups excluding carboxylic acids is 1. The standard InChI is InChI=1S/C20H24N2O5/c1-26-15-6-4-14(5-7-15)19(25)22-12-20(9-17(23)18(24)10-20)13-27-16-3-2-8-21-11-16/h2-8,11,17-18,23-24H,9-10,12-13H2,1H3,(H,22,25). The molecule has 3 N–H and O–H groups in total. The van der Waals surface area contributed by atoms with Crippen molar-refractivity contribution in [2.75, 3.05) is 20.3 Å². The number of aliphatic hydroxyl groups is 2. The van der Waals surface area contributed by atoms with E-state index in [0.29, 0.717) is 29.9 Å². The molecule has 0 aliphatic heterocycles. The van der Waals surface area contributed by atoms with Gasteiger partial charge in [-0.15, -0.1) is 0 Å². The van der Waals surface area contributed by atoms with E-state index in [4.69, 9.17) is 9.47 Å². The number of methoxy groups -OCH3 is 1. The molecule has 2 atom stereocenters. The fourth-order valence-electron chi connectivity index (χ4n) is 3.34. The second-order valence-electron chi connectivity index (χ2n) is 6.93. The van der Waals surface area contributed by atoms with Crippen LogP contribution in [0.3, 0.4) is 0 Å². The molecule has 1 amide bonds. The molecule has 1 aromatic heterocycles. The number of benzene rings is 1. The number of hydrogen-bond donors (Lipinski definition) is 3. The van der Waals surface area contributed by atoms with Crippen LogP contribution < -0.4 is 14.8 Å². The Morgan fingerprint density at radius 1 is 1.19 bits per heavy atom. The lowest BCUT2D eigenvalue weighted by atomic mass is 9.86. The van der Waals surface area contributed by atoms with Crippen LogP contribution in [-0.4, -0.2) is 53.6 Å². The molecule has 27 heavy (non-hydrogen) atoms. The van der Waals surface area contributed by atoms with E-state index in [-0.39, 0.29) is 19.1 Å². The van der Waals surface area contributed by atoms with Crippen LogP contribution in [0.1, 0.15) is 23.2 Å². The van der Waals surface area contributed by atoms with Crippen LogP contribution in [0.2, 0.25) is 0 Å². The fraction of sp³-hybridized carbons (Fsp3) is 0.400. The van der Waals surface area contributed by atoms with Crippen molar-refractivity contribution in [1.82, 2.24) is 10.3 Å². The van der Waals surface area contributed by atoms with Crippen LogP contribution in [0.15, 0.2) is 48.8 Å². The lowest BCUT2D eigenvalue weighted by Gasteiger charge is -2.29. The van der Waals surface area contributed by atoms with Gasteiger partial charge in [-0.3, -0.25) is 9.78 Å². The summed E-state index contributed by atoms with van der Waals surface area (Å²) >= 11 is 0. The third kappa shape index (κ3) is 4.75. The molecule has 2 aromatic rings. The second kappa shape index (κ2) is 8.37. The Morgan fingerprint density at radius 2 is 1.89 bits per heavy atom. The summed E-state index contributed by atoms with van der Waals surface area (Å²) in [6.45, 7) is 0.544. The summed E-state index contributed by atoms with van der Waals surface area (Å²) in [7, 11) is 1.57. The Morgan fingerprint density at radius 3 is 2.48 bits per heavy atom. The molecule has 0 saturated heterocycles. The largest absolute Gasteiger partial charge is 0.497 e. The first-order chi connectivity index (χ1) is 13.0. The molecular weight excluding hydrogens is 348 g/mol. The average Bonchev–Trinajstić information content (AvgIpc) is 2.99. The highest BCUT2D eigenvalue weighted by atomic mass is 16.5. The van der Waals surface area contributed by atoms with Gasteiger partial charge in [-0.05, 0) is 49.2 Å². The SMILES string of the molecule is COc1ccc(C(=O)NCC2(COc3cccnc3)CC(O)C(O)C2)cc1. The highest BCUT2D eigenvalue weighted by Crippen LogP contribution is 2.38. The van der Waals surface area contributed by atoms with E-state index >= 15 is 0 Å². The summed E-state index contributed by atoms with van der Waals surface area (Å²) < 4.78 is 10.9. The topological polar surface area (TPSA) is 101 Å². The smallest absolute Gasteiger partial charge is 0.251 e. The van der Waals surface area contributed by atoms with Gasteiger partial charge in [-0.2, -0.15) is 0 Å². The molecule has 0 bridgehead atoms. The predicted molar refractivity (Wildman–Crippen MR) is 98.7 cm³/mol. The first kappa shape index (κ1) is 19.1. The minimum Gasteiger partial charge on any atom is -0.497 e. The van der Waals surface area contributed by atoms with Gasteiger partial charge >= 0.3 is 0 Å². The van der Waals surface area contributed by atoms with E-state index in [1.54, 1.807) is 55.9 Å². The van der Waals surface area contributed by atoms with Crippen molar-refractivity contribution < 1.29 is 24.5 Å². The van der Waals surface area contributed by atoms with Gasteiger partial charge < -0.3 is 25.0 Å². The minimum atomic E-state index is -0.833. The number of ether oxygens (including phenoxy) is 2. The van der Waals surface area contributed by atoms with E-state index in [9.17, 15) is 15.0 Å². The molecule has 144 valence electrons. The number of aromatic nitrogens is 1. The first-order valence-corrected chi connectivity index (χ1v) is 8.83. The number of nitrogens with zero attached hydrogens (tertiary/aromatic N) is 1. The molecule has 1 saturated carbocycles. The lowest BCUT2D eigenvalue weighted by Crippen LogP contribution is -2.40. The van der Waals surface area contributed by atoms with Crippen molar-refractivity contribution in [3.05, 3.63) is 54.4 Å². The molecule has 3 rings (SSSR count). The predicted octanol–water partition coefficient (Wildman–Crippen LogP) is 1.40. The molecule has 1 aliphatic carbocycles. The molecular formula is C20H24N2O5. The van der Waals surface area contributed by atoms with E-state index < -0.39 is 17.6 Å². The summed E-state index contributed by atoms with van der Waals surface area (Å²) in [5, 5.41) is 23.0. The van der Waals surface area contributed by atoms with Crippen molar-refractivity contribution in [2.24, 2.45) is 5.41 Å². The maximum Gasteiger partial charge on any atom is 0.251 e. The number of amides is 1. The summed E-state index contributed by atoms with van der Waals surface area (Å²) in [4.78, 5) is 16.5. The number of pyridine rings is 1. The van der Waals surface area contributed by atoms with Gasteiger partial charge in [0, 0.05) is 23.7 Å². The molecule has 1 fully saturated rings. The number of rotatable bonds is 7. The number of nitrogens with one attached hydrogen (secondary N) is 1. The van der Waals surface area contributed by atoms with Crippen molar-refractivity contribution in [1.29, 1.82) is 0 Å². The first-order valence-electron chi connectivity index (χ1n) is 8.83. The van der Waals surface area contributed by atoms with Crippen LogP contribution in [0.4, 0.5) is 0 Å². The summed E-state index contributed by atoms with van der Waals surface area (Å²) in [5.41, 5.74) is -0.0465. The Bertz CT molecular complexity index is 741. The third-order valence-corrected chi connectivity index (χ3v) is 4.88. The monoisotopic (exact) mass is 372 g/mol. The quantitative estimate of drug-likeness (QED) is 0.679. The maximum absolute atomic E-state index is 12.5. The summed E-state index contributed by atoms with van der Waals surface area (Å²) in [6, 6.07) is 10.4. The van der Waals surface area contributed by atoms with Crippen molar-refractivity contribution >= 4 is 5.91 Å². The van der Waals surface area contributed by atoms with Gasteiger partial charge in [0.2, 0.25) is 0 Å². The number of aliphatic hydroxyl groups excluding tert-OH is 2. The fourth-order valence-corrected chi connectivity index (χ4v) is 3.34. The zero-order valence-electron chi connectivity index (χ0n) is 15.2. The normalized spacial score (nSPS) is 24.4. The Labute approximate surface area is 158 Å². The van der Waals surface area contributed by atoms with Gasteiger partial charge in [-0.1, -0.05) is 0 Å². The molecule has 1 aromatic carbocycles. The second-order valence-corrected chi connectivity index (χ2v) is 6.93. The van der Waals surface area contributed by atoms with Gasteiger partial charge in [-0.25, -0.2) is 0 Å². The molecule has 0 radical (unpaired) electrons. The average molecular weight is 372 g/mol. The summed E-state index contributed by atoms with van der Waals surface area (Å²) in [6.07, 6.45) is 2.28. The van der Waals surface area contributed by atoms with Crippen LogP contribution >= 0.6 is 0 Å². The molecule has 7 nitrogen and oxygen atoms in total. The van der Waals surface area contributed by atoms with Gasteiger partial charge in [0.05, 0.1) is 32.1 Å². The Kier molecular flexibility index (Phi) is 5.93. The Hall–Kier alpha value is -2.64. The van der Waals surface area contributed by atoms with Crippen molar-refractivity contribution in [3.63, 3.8) is 0 Å². The zero-order valence-corrected chi connectivity index (χ0v) is 15.2. The number of carbonyl (C=O) groups is 1. The van der Waals surface area contributed by atoms with E-state index in [0.717, 1.165) is 0 Å². The van der Waals surface area contributed by atoms with Crippen LogP contribution in [0.25, 0.3) is 0 Å². The summed E-state index contributed by atoms with van der Waals surface area (Å²) in [5.74, 6) is 1.05. The minimum absolute atomic E-state index is 0.228. The van der Waals surface area contributed by atoms with E-state index in [1.807, 2.05) is 0 Å². The van der Waals surface area contributed by atoms with Crippen molar-refractivity contribution in [3.8, 4) is 11.5 Å². The van der Waals surface area contributed by atoms with E-state index in [2.05, 4.69) is 10.3 Å². The van der Waals surface area contributed by atoms with Crippen molar-refractivity contribution in [2.45, 2.75) is 25.0 Å². The Balaban J connectivity index is 1.65. The molecule has 0 spiro atoms. The van der Waals surface area contributed by atoms with Gasteiger partial charge in [0.15, 0.2) is 0 Å². The highest BCUT2D eigenvalue weighted by molar-refractivity contribution is 5.94. The van der Waals surface area contributed by atoms with E-state index in [1.165, 1.54) is 0 Å². The van der Waals surface area contributed by atoms with Gasteiger partial charge in [0.25, 0.3) is 5.91 Å². The lowest BCUT2D eigenvalue weighted by molar-refractivity contribution is 0.0438. The maximum atomic E-state index is 12.5. The van der Waals surface area contributed by atoms with Crippen LogP contribution in [0.5, 0.6) is 11.5 Å². The van der Waals surface area contributed by atoms with Gasteiger partial charge in [0.1, 0.15) is 11.5 Å². The zero-order chi connectivity index (χ0) is 19.3. The molecule has 2 unspecified atom stereocenters. The molecule has 7 heteroatoms. The van der Waals surface area contributed by atoms with Crippen LogP contribution in [-0.2, 0) is 0 Å². The third-order valence-electron chi connectivity index (χ3n) is 4.88. The van der Waals surface area contributed by atoms with Crippen LogP contribution in [0, 0.1) is 5.41 Å². The molecule has 1 aliphatic rings. The number of hydrogen-bond acceptors (Lipinski definition) is 6. The highest BCUT2D eigenvalue weighted by Gasteiger charge is 2.45. The molecule has 1 heterocycles.